The molecule has 3 heteroatoms. The van der Waals surface area contributed by atoms with Crippen molar-refractivity contribution in [3.8, 4) is 0 Å². The SMILES string of the molecule is CCc1csc(C2(N)CCCC2)n1. The van der Waals surface area contributed by atoms with E-state index in [-0.39, 0.29) is 5.54 Å². The molecule has 0 saturated heterocycles. The average Bonchev–Trinajstić information content (AvgIpc) is 2.72. The van der Waals surface area contributed by atoms with E-state index in [1.807, 2.05) is 0 Å². The van der Waals surface area contributed by atoms with Crippen molar-refractivity contribution < 1.29 is 0 Å². The molecule has 0 amide bonds. The lowest BCUT2D eigenvalue weighted by Gasteiger charge is -2.19. The van der Waals surface area contributed by atoms with Gasteiger partial charge >= 0.3 is 0 Å². The number of aryl methyl sites for hydroxylation is 1. The summed E-state index contributed by atoms with van der Waals surface area (Å²) >= 11 is 1.73. The van der Waals surface area contributed by atoms with Gasteiger partial charge in [-0.3, -0.25) is 0 Å². The molecule has 0 spiro atoms. The Kier molecular flexibility index (Phi) is 2.39. The van der Waals surface area contributed by atoms with E-state index in [2.05, 4.69) is 17.3 Å². The maximum absolute atomic E-state index is 6.30. The van der Waals surface area contributed by atoms with Crippen molar-refractivity contribution in [2.75, 3.05) is 0 Å². The smallest absolute Gasteiger partial charge is 0.113 e. The number of aromatic nitrogens is 1. The lowest BCUT2D eigenvalue weighted by molar-refractivity contribution is 0.458. The third-order valence-electron chi connectivity index (χ3n) is 2.84. The summed E-state index contributed by atoms with van der Waals surface area (Å²) in [6, 6.07) is 0. The second kappa shape index (κ2) is 3.39. The van der Waals surface area contributed by atoms with E-state index >= 15 is 0 Å². The van der Waals surface area contributed by atoms with Crippen LogP contribution in [0.25, 0.3) is 0 Å². The molecule has 0 unspecified atom stereocenters. The van der Waals surface area contributed by atoms with Gasteiger partial charge in [0.1, 0.15) is 5.01 Å². The fourth-order valence-corrected chi connectivity index (χ4v) is 2.99. The van der Waals surface area contributed by atoms with Crippen LogP contribution in [0.1, 0.15) is 43.3 Å². The third-order valence-corrected chi connectivity index (χ3v) is 3.95. The highest BCUT2D eigenvalue weighted by Gasteiger charge is 2.33. The standard InChI is InChI=1S/C10H16N2S/c1-2-8-7-13-9(12-8)10(11)5-3-4-6-10/h7H,2-6,11H2,1H3. The summed E-state index contributed by atoms with van der Waals surface area (Å²) in [5.74, 6) is 0. The number of nitrogens with two attached hydrogens (primary N) is 1. The Morgan fingerprint density at radius 1 is 1.54 bits per heavy atom. The number of rotatable bonds is 2. The molecular weight excluding hydrogens is 180 g/mol. The lowest BCUT2D eigenvalue weighted by atomic mass is 10.0. The minimum atomic E-state index is -0.0852. The van der Waals surface area contributed by atoms with Gasteiger partial charge in [-0.2, -0.15) is 0 Å². The highest BCUT2D eigenvalue weighted by Crippen LogP contribution is 2.37. The number of nitrogens with zero attached hydrogens (tertiary/aromatic N) is 1. The molecule has 1 aromatic rings. The molecule has 2 N–H and O–H groups in total. The van der Waals surface area contributed by atoms with Gasteiger partial charge in [0.05, 0.1) is 11.2 Å². The predicted molar refractivity (Wildman–Crippen MR) is 55.8 cm³/mol. The van der Waals surface area contributed by atoms with Crippen molar-refractivity contribution in [3.05, 3.63) is 16.1 Å². The number of thiazole rings is 1. The Hall–Kier alpha value is -0.410. The van der Waals surface area contributed by atoms with Crippen molar-refractivity contribution >= 4 is 11.3 Å². The molecule has 1 fully saturated rings. The van der Waals surface area contributed by atoms with Crippen molar-refractivity contribution in [1.29, 1.82) is 0 Å². The second-order valence-corrected chi connectivity index (χ2v) is 4.72. The quantitative estimate of drug-likeness (QED) is 0.789. The largest absolute Gasteiger partial charge is 0.319 e. The summed E-state index contributed by atoms with van der Waals surface area (Å²) < 4.78 is 0. The monoisotopic (exact) mass is 196 g/mol. The molecule has 0 aromatic carbocycles. The van der Waals surface area contributed by atoms with E-state index < -0.39 is 0 Å². The van der Waals surface area contributed by atoms with E-state index in [0.717, 1.165) is 24.3 Å². The van der Waals surface area contributed by atoms with Crippen molar-refractivity contribution in [3.63, 3.8) is 0 Å². The van der Waals surface area contributed by atoms with Crippen LogP contribution in [0.15, 0.2) is 5.38 Å². The zero-order chi connectivity index (χ0) is 9.31. The molecule has 2 nitrogen and oxygen atoms in total. The molecular formula is C10H16N2S. The van der Waals surface area contributed by atoms with Gasteiger partial charge in [-0.05, 0) is 19.3 Å². The normalized spacial score (nSPS) is 20.8. The zero-order valence-electron chi connectivity index (χ0n) is 8.05. The van der Waals surface area contributed by atoms with Crippen molar-refractivity contribution in [1.82, 2.24) is 4.98 Å². The Labute approximate surface area is 83.2 Å². The van der Waals surface area contributed by atoms with Crippen LogP contribution < -0.4 is 5.73 Å². The molecule has 0 aliphatic heterocycles. The van der Waals surface area contributed by atoms with E-state index in [9.17, 15) is 0 Å². The molecule has 1 aliphatic rings. The van der Waals surface area contributed by atoms with E-state index in [4.69, 9.17) is 5.73 Å². The summed E-state index contributed by atoms with van der Waals surface area (Å²) in [5, 5.41) is 3.30. The highest BCUT2D eigenvalue weighted by atomic mass is 32.1. The Balaban J connectivity index is 2.23. The highest BCUT2D eigenvalue weighted by molar-refractivity contribution is 7.09. The molecule has 0 atom stereocenters. The second-order valence-electron chi connectivity index (χ2n) is 3.86. The van der Waals surface area contributed by atoms with Gasteiger partial charge in [-0.1, -0.05) is 19.8 Å². The molecule has 1 aromatic heterocycles. The summed E-state index contributed by atoms with van der Waals surface area (Å²) in [6.07, 6.45) is 5.77. The van der Waals surface area contributed by atoms with E-state index in [1.165, 1.54) is 18.5 Å². The summed E-state index contributed by atoms with van der Waals surface area (Å²) in [4.78, 5) is 4.58. The minimum absolute atomic E-state index is 0.0852. The Morgan fingerprint density at radius 3 is 2.77 bits per heavy atom. The lowest BCUT2D eigenvalue weighted by Crippen LogP contribution is -2.32. The van der Waals surface area contributed by atoms with E-state index in [1.54, 1.807) is 11.3 Å². The first kappa shape index (κ1) is 9.16. The average molecular weight is 196 g/mol. The van der Waals surface area contributed by atoms with Crippen LogP contribution in [0.3, 0.4) is 0 Å². The molecule has 0 radical (unpaired) electrons. The topological polar surface area (TPSA) is 38.9 Å². The minimum Gasteiger partial charge on any atom is -0.319 e. The first-order valence-corrected chi connectivity index (χ1v) is 5.86. The molecule has 72 valence electrons. The van der Waals surface area contributed by atoms with Crippen molar-refractivity contribution in [2.24, 2.45) is 5.73 Å². The van der Waals surface area contributed by atoms with Gasteiger partial charge in [-0.15, -0.1) is 11.3 Å². The molecule has 1 heterocycles. The summed E-state index contributed by atoms with van der Waals surface area (Å²) in [5.41, 5.74) is 7.40. The van der Waals surface area contributed by atoms with Crippen LogP contribution in [0.2, 0.25) is 0 Å². The molecule has 1 saturated carbocycles. The molecule has 13 heavy (non-hydrogen) atoms. The predicted octanol–water partition coefficient (Wildman–Crippen LogP) is 2.43. The zero-order valence-corrected chi connectivity index (χ0v) is 8.86. The summed E-state index contributed by atoms with van der Waals surface area (Å²) in [7, 11) is 0. The Bertz CT molecular complexity index is 287. The number of hydrogen-bond donors (Lipinski definition) is 1. The Morgan fingerprint density at radius 2 is 2.23 bits per heavy atom. The first-order chi connectivity index (χ1) is 6.24. The fraction of sp³-hybridized carbons (Fsp3) is 0.700. The van der Waals surface area contributed by atoms with Crippen LogP contribution in [0.5, 0.6) is 0 Å². The van der Waals surface area contributed by atoms with Crippen LogP contribution in [-0.4, -0.2) is 4.98 Å². The maximum Gasteiger partial charge on any atom is 0.113 e. The van der Waals surface area contributed by atoms with Crippen LogP contribution in [-0.2, 0) is 12.0 Å². The molecule has 2 rings (SSSR count). The maximum atomic E-state index is 6.30. The van der Waals surface area contributed by atoms with Gasteiger partial charge in [0.15, 0.2) is 0 Å². The van der Waals surface area contributed by atoms with Gasteiger partial charge in [0.2, 0.25) is 0 Å². The van der Waals surface area contributed by atoms with Gasteiger partial charge in [0.25, 0.3) is 0 Å². The number of hydrogen-bond acceptors (Lipinski definition) is 3. The van der Waals surface area contributed by atoms with Crippen LogP contribution in [0, 0.1) is 0 Å². The first-order valence-electron chi connectivity index (χ1n) is 4.98. The van der Waals surface area contributed by atoms with Crippen LogP contribution in [0.4, 0.5) is 0 Å². The van der Waals surface area contributed by atoms with Gasteiger partial charge in [-0.25, -0.2) is 4.98 Å². The van der Waals surface area contributed by atoms with E-state index in [0.29, 0.717) is 0 Å². The van der Waals surface area contributed by atoms with Gasteiger partial charge in [0, 0.05) is 5.38 Å². The fourth-order valence-electron chi connectivity index (χ4n) is 1.92. The molecule has 0 bridgehead atoms. The molecule has 1 aliphatic carbocycles. The van der Waals surface area contributed by atoms with Crippen LogP contribution >= 0.6 is 11.3 Å². The van der Waals surface area contributed by atoms with Gasteiger partial charge < -0.3 is 5.73 Å². The third kappa shape index (κ3) is 1.63. The van der Waals surface area contributed by atoms with Crippen molar-refractivity contribution in [2.45, 2.75) is 44.6 Å². The summed E-state index contributed by atoms with van der Waals surface area (Å²) in [6.45, 7) is 2.14.